The van der Waals surface area contributed by atoms with E-state index in [4.69, 9.17) is 0 Å². The monoisotopic (exact) mass is 1850 g/mol. The minimum atomic E-state index is -3.87. The summed E-state index contributed by atoms with van der Waals surface area (Å²) in [5.74, 6) is 0. The van der Waals surface area contributed by atoms with Crippen LogP contribution in [-0.4, -0.2) is 64.3 Å². The van der Waals surface area contributed by atoms with E-state index < -0.39 is 39.3 Å². The molecule has 0 amide bonds. The summed E-state index contributed by atoms with van der Waals surface area (Å²) in [4.78, 5) is 2.93. The topological polar surface area (TPSA) is 376 Å². The first kappa shape index (κ1) is 115. The lowest BCUT2D eigenvalue weighted by molar-refractivity contribution is -0.708. The minimum absolute atomic E-state index is 0.0715. The van der Waals surface area contributed by atoms with Crippen LogP contribution in [0.1, 0.15) is 206 Å². The van der Waals surface area contributed by atoms with E-state index in [1.165, 1.54) is 90.5 Å². The van der Waals surface area contributed by atoms with E-state index in [1.807, 2.05) is 277 Å². The third-order valence-corrected chi connectivity index (χ3v) is 23.7. The van der Waals surface area contributed by atoms with Gasteiger partial charge in [-0.3, -0.25) is 0 Å². The molecule has 0 saturated carbocycles. The molecule has 14 rings (SSSR count). The lowest BCUT2D eigenvalue weighted by atomic mass is 10.1. The molecule has 0 aliphatic rings. The van der Waals surface area contributed by atoms with Crippen LogP contribution < -0.4 is 29.1 Å². The standard InChI is InChI=1S/2C17H14N2O3S.2C13H14N2O.2C12H12N2O3S.8C2H6/c20-19-15(13-14-7-3-1-4-8-14)11-12-17(18-19)23(21,22)16-9-5-2-6-10-16;20-19-17(23(21,22)16-9-5-2-6-10-16)12-11-15(18-19)13-14-7-3-1-4-8-14;1-2-13-9-8-12(14-15(13)16)10-11-6-4-3-5-7-11;1-2-12-8-9-13(15(16)14-12)10-11-6-4-3-5-7-11;1-2-10-8-9-12(13-14(10)15)18(16,17)11-6-4-3-5-7-11;1-2-10-8-9-12(14(15)13-10)18(16,17)11-6-4-3-5-7-11;8*1-2/h2*1-12H,13H2;2*3-9H,2,10H2,1H3;2*3-9H,2H2,1H3;8*1-2H3. The molecule has 0 spiro atoms. The highest BCUT2D eigenvalue weighted by Crippen LogP contribution is 2.23. The van der Waals surface area contributed by atoms with Gasteiger partial charge in [0.25, 0.3) is 19.7 Å². The summed E-state index contributed by atoms with van der Waals surface area (Å²) in [5, 5.41) is 91.8. The van der Waals surface area contributed by atoms with Crippen LogP contribution >= 0.6 is 0 Å². The minimum Gasteiger partial charge on any atom is -0.594 e. The van der Waals surface area contributed by atoms with Gasteiger partial charge in [-0.15, -0.1) is 0 Å². The van der Waals surface area contributed by atoms with Crippen molar-refractivity contribution in [3.8, 4) is 0 Å². The Morgan fingerprint density at radius 2 is 0.400 bits per heavy atom. The van der Waals surface area contributed by atoms with Gasteiger partial charge in [0.05, 0.1) is 32.4 Å². The van der Waals surface area contributed by atoms with Crippen LogP contribution in [0.25, 0.3) is 0 Å². The Balaban J connectivity index is 0.000000759. The maximum absolute atomic E-state index is 12.5. The summed E-state index contributed by atoms with van der Waals surface area (Å²) >= 11 is 0. The number of hydrogen-bond acceptors (Lipinski definition) is 20. The van der Waals surface area contributed by atoms with E-state index in [1.54, 1.807) is 91.9 Å². The van der Waals surface area contributed by atoms with Crippen LogP contribution in [0.5, 0.6) is 0 Å². The molecule has 26 nitrogen and oxygen atoms in total. The lowest BCUT2D eigenvalue weighted by Gasteiger charge is -2.05. The van der Waals surface area contributed by atoms with Gasteiger partial charge < -0.3 is 31.2 Å². The van der Waals surface area contributed by atoms with Crippen molar-refractivity contribution < 1.29 is 62.7 Å². The Labute approximate surface area is 771 Å². The number of hydrogen-bond donors (Lipinski definition) is 0. The Kier molecular flexibility index (Phi) is 56.3. The van der Waals surface area contributed by atoms with Gasteiger partial charge in [0.1, 0.15) is 22.8 Å². The van der Waals surface area contributed by atoms with E-state index in [0.717, 1.165) is 44.2 Å². The second-order valence-corrected chi connectivity index (χ2v) is 32.4. The second kappa shape index (κ2) is 63.7. The Hall–Kier alpha value is -13.2. The highest BCUT2D eigenvalue weighted by molar-refractivity contribution is 7.92. The van der Waals surface area contributed by atoms with Gasteiger partial charge in [-0.2, -0.15) is 0 Å². The molecule has 0 saturated heterocycles. The normalized spacial score (nSPS) is 10.1. The number of rotatable bonds is 20. The third-order valence-electron chi connectivity index (χ3n) is 16.9. The highest BCUT2D eigenvalue weighted by atomic mass is 32.2. The van der Waals surface area contributed by atoms with Gasteiger partial charge in [0.15, 0.2) is 0 Å². The molecule has 696 valence electrons. The first-order chi connectivity index (χ1) is 62.8. The quantitative estimate of drug-likeness (QED) is 0.0505. The second-order valence-electron chi connectivity index (χ2n) is 24.9. The zero-order valence-corrected chi connectivity index (χ0v) is 81.7. The Morgan fingerprint density at radius 1 is 0.200 bits per heavy atom. The molecule has 8 aromatic carbocycles. The van der Waals surface area contributed by atoms with Crippen LogP contribution in [0, 0.1) is 31.2 Å². The molecule has 0 fully saturated rings. The van der Waals surface area contributed by atoms with Crippen LogP contribution in [0.15, 0.2) is 355 Å². The number of aryl methyl sites for hydroxylation is 4. The summed E-state index contributed by atoms with van der Waals surface area (Å²) in [6, 6.07) is 89.4. The molecule has 6 heterocycles. The number of sulfone groups is 4. The molecule has 0 aliphatic carbocycles. The molecular formula is C100H128N12O14S4. The van der Waals surface area contributed by atoms with Crippen molar-refractivity contribution in [3.05, 3.63) is 414 Å². The van der Waals surface area contributed by atoms with Crippen molar-refractivity contribution in [2.45, 2.75) is 230 Å². The predicted molar refractivity (Wildman–Crippen MR) is 512 cm³/mol. The summed E-state index contributed by atoms with van der Waals surface area (Å²) < 4.78 is 98.5. The molecule has 0 unspecified atom stereocenters. The molecule has 130 heavy (non-hydrogen) atoms. The predicted octanol–water partition coefficient (Wildman–Crippen LogP) is 18.4. The van der Waals surface area contributed by atoms with Crippen molar-refractivity contribution >= 4 is 39.3 Å². The number of benzene rings is 8. The van der Waals surface area contributed by atoms with E-state index in [0.29, 0.717) is 88.8 Å². The van der Waals surface area contributed by atoms with Crippen molar-refractivity contribution in [1.82, 2.24) is 30.6 Å². The van der Waals surface area contributed by atoms with Crippen molar-refractivity contribution in [2.75, 3.05) is 0 Å². The van der Waals surface area contributed by atoms with Crippen LogP contribution in [0.3, 0.4) is 0 Å². The molecule has 0 N–H and O–H groups in total. The summed E-state index contributed by atoms with van der Waals surface area (Å²) in [6.45, 7) is 39.6. The molecule has 6 aromatic heterocycles. The van der Waals surface area contributed by atoms with Crippen LogP contribution in [0.4, 0.5) is 0 Å². The third kappa shape index (κ3) is 36.9. The Bertz CT molecular complexity index is 5950. The SMILES string of the molecule is CC.CC.CC.CC.CC.CC.CC.CC.CCc1ccc(Cc2ccccc2)[n+]([O-])n1.CCc1ccc(Cc2ccccc2)n[n+]1[O-].CCc1ccc(S(=O)(=O)c2ccccc2)[n+]([O-])n1.CCc1ccc(S(=O)(=O)c2ccccc2)n[n+]1[O-].O=S(=O)(c1ccccc1)c1ccc(Cc2ccccc2)[n+]([O-])n1.O=S(=O)(c1ccccc1)c1ccc(Cc2ccccc2)n[n+]1[O-]. The molecule has 14 aromatic rings. The van der Waals surface area contributed by atoms with Gasteiger partial charge >= 0.3 is 10.1 Å². The highest BCUT2D eigenvalue weighted by Gasteiger charge is 2.30. The smallest absolute Gasteiger partial charge is 0.339 e. The van der Waals surface area contributed by atoms with Crippen molar-refractivity contribution in [3.63, 3.8) is 0 Å². The average Bonchev–Trinajstić information content (AvgIpc) is 0.814. The Morgan fingerprint density at radius 3 is 0.662 bits per heavy atom. The molecule has 0 aliphatic heterocycles. The fourth-order valence-electron chi connectivity index (χ4n) is 10.7. The maximum atomic E-state index is 12.5. The summed E-state index contributed by atoms with van der Waals surface area (Å²) in [7, 11) is -15.2. The first-order valence-electron chi connectivity index (χ1n) is 43.8. The zero-order chi connectivity index (χ0) is 97.7. The van der Waals surface area contributed by atoms with Gasteiger partial charge in [-0.25, -0.2) is 33.7 Å². The van der Waals surface area contributed by atoms with E-state index in [-0.39, 0.29) is 49.4 Å². The molecule has 0 bridgehead atoms. The van der Waals surface area contributed by atoms with Gasteiger partial charge in [0, 0.05) is 92.7 Å². The van der Waals surface area contributed by atoms with E-state index >= 15 is 0 Å². The van der Waals surface area contributed by atoms with Gasteiger partial charge in [-0.05, 0) is 130 Å². The van der Waals surface area contributed by atoms with E-state index in [2.05, 4.69) is 30.6 Å². The fraction of sp³-hybridized carbons (Fsp3) is 0.280. The summed E-state index contributed by atoms with van der Waals surface area (Å²) in [5.41, 5.74) is 9.15. The van der Waals surface area contributed by atoms with Crippen molar-refractivity contribution in [1.29, 1.82) is 0 Å². The molecule has 30 heteroatoms. The van der Waals surface area contributed by atoms with Crippen molar-refractivity contribution in [2.24, 2.45) is 0 Å². The largest absolute Gasteiger partial charge is 0.594 e. The van der Waals surface area contributed by atoms with Gasteiger partial charge in [-0.1, -0.05) is 352 Å². The van der Waals surface area contributed by atoms with Crippen LogP contribution in [0.2, 0.25) is 0 Å². The maximum Gasteiger partial charge on any atom is 0.339 e. The molecule has 0 radical (unpaired) electrons. The first-order valence-corrected chi connectivity index (χ1v) is 49.7. The molecule has 0 atom stereocenters. The number of aromatic nitrogens is 12. The summed E-state index contributed by atoms with van der Waals surface area (Å²) in [6.07, 6.45) is 4.76. The average molecular weight is 1850 g/mol. The molecular weight excluding hydrogens is 1720 g/mol. The lowest BCUT2D eigenvalue weighted by Crippen LogP contribution is -2.38. The fourth-order valence-corrected chi connectivity index (χ4v) is 15.6. The van der Waals surface area contributed by atoms with Crippen LogP contribution in [-0.2, 0) is 90.7 Å². The van der Waals surface area contributed by atoms with Gasteiger partial charge in [0.2, 0.25) is 52.5 Å². The number of nitrogens with zero attached hydrogens (tertiary/aromatic N) is 12. The zero-order valence-electron chi connectivity index (χ0n) is 78.4. The van der Waals surface area contributed by atoms with E-state index in [9.17, 15) is 64.9 Å².